The molecule has 3 heterocycles. The molecule has 2 aromatic heterocycles. The predicted molar refractivity (Wildman–Crippen MR) is 88.1 cm³/mol. The van der Waals surface area contributed by atoms with Crippen molar-refractivity contribution in [2.75, 3.05) is 13.1 Å². The van der Waals surface area contributed by atoms with E-state index in [9.17, 15) is 4.79 Å². The van der Waals surface area contributed by atoms with E-state index >= 15 is 0 Å². The summed E-state index contributed by atoms with van der Waals surface area (Å²) < 4.78 is 1.96. The number of likely N-dealkylation sites (tertiary alicyclic amines) is 1. The first kappa shape index (κ1) is 13.9. The summed E-state index contributed by atoms with van der Waals surface area (Å²) in [6.07, 6.45) is 7.54. The molecule has 0 aliphatic carbocycles. The molecule has 1 aromatic carbocycles. The van der Waals surface area contributed by atoms with Crippen molar-refractivity contribution >= 4 is 16.8 Å². The Hall–Kier alpha value is -2.69. The van der Waals surface area contributed by atoms with E-state index in [2.05, 4.69) is 10.1 Å². The molecule has 1 unspecified atom stereocenters. The molecular formula is C18H18N4O. The van der Waals surface area contributed by atoms with Crippen LogP contribution in [-0.2, 0) is 0 Å². The number of carbonyl (C=O) groups excluding carboxylic acids is 1. The molecule has 0 bridgehead atoms. The van der Waals surface area contributed by atoms with Crippen molar-refractivity contribution in [2.24, 2.45) is 0 Å². The van der Waals surface area contributed by atoms with Crippen LogP contribution in [0.4, 0.5) is 0 Å². The van der Waals surface area contributed by atoms with E-state index < -0.39 is 0 Å². The van der Waals surface area contributed by atoms with Crippen molar-refractivity contribution in [1.29, 1.82) is 0 Å². The van der Waals surface area contributed by atoms with Crippen LogP contribution in [0.2, 0.25) is 0 Å². The molecule has 4 rings (SSSR count). The van der Waals surface area contributed by atoms with Crippen LogP contribution in [-0.4, -0.2) is 38.7 Å². The predicted octanol–water partition coefficient (Wildman–Crippen LogP) is 2.91. The van der Waals surface area contributed by atoms with Crippen molar-refractivity contribution in [1.82, 2.24) is 19.7 Å². The number of aromatic nitrogens is 3. The van der Waals surface area contributed by atoms with Gasteiger partial charge in [-0.05, 0) is 31.0 Å². The first-order valence-electron chi connectivity index (χ1n) is 7.95. The van der Waals surface area contributed by atoms with Gasteiger partial charge in [0.2, 0.25) is 0 Å². The maximum Gasteiger partial charge on any atom is 0.256 e. The highest BCUT2D eigenvalue weighted by molar-refractivity contribution is 6.05. The molecule has 1 saturated heterocycles. The minimum absolute atomic E-state index is 0.0613. The van der Waals surface area contributed by atoms with Crippen LogP contribution in [0.1, 0.15) is 29.2 Å². The number of nitrogens with zero attached hydrogens (tertiary/aromatic N) is 4. The summed E-state index contributed by atoms with van der Waals surface area (Å²) in [4.78, 5) is 19.3. The molecule has 0 N–H and O–H groups in total. The third kappa shape index (κ3) is 2.59. The Kier molecular flexibility index (Phi) is 3.54. The standard InChI is InChI=1S/C18H18N4O/c23-18(16-8-1-5-14-6-2-9-19-17(14)16)21-11-3-7-15(13-21)22-12-4-10-20-22/h1-2,4-6,8-10,12,15H,3,7,11,13H2. The van der Waals surface area contributed by atoms with Crippen LogP contribution in [0.25, 0.3) is 10.9 Å². The van der Waals surface area contributed by atoms with Gasteiger partial charge in [0, 0.05) is 37.1 Å². The molecule has 5 nitrogen and oxygen atoms in total. The largest absolute Gasteiger partial charge is 0.336 e. The van der Waals surface area contributed by atoms with Gasteiger partial charge in [0.15, 0.2) is 0 Å². The molecule has 1 aliphatic rings. The molecule has 1 amide bonds. The lowest BCUT2D eigenvalue weighted by Crippen LogP contribution is -2.41. The Morgan fingerprint density at radius 1 is 1.13 bits per heavy atom. The van der Waals surface area contributed by atoms with Crippen molar-refractivity contribution in [3.8, 4) is 0 Å². The number of rotatable bonds is 2. The third-order valence-electron chi connectivity index (χ3n) is 4.45. The van der Waals surface area contributed by atoms with E-state index in [4.69, 9.17) is 0 Å². The minimum atomic E-state index is 0.0613. The number of para-hydroxylation sites is 1. The Labute approximate surface area is 134 Å². The van der Waals surface area contributed by atoms with Crippen LogP contribution in [0, 0.1) is 0 Å². The Morgan fingerprint density at radius 2 is 2.04 bits per heavy atom. The smallest absolute Gasteiger partial charge is 0.256 e. The SMILES string of the molecule is O=C(c1cccc2cccnc12)N1CCCC(n2cccn2)C1. The lowest BCUT2D eigenvalue weighted by molar-refractivity contribution is 0.0675. The fourth-order valence-electron chi connectivity index (χ4n) is 3.30. The number of pyridine rings is 1. The summed E-state index contributed by atoms with van der Waals surface area (Å²) in [6, 6.07) is 11.8. The van der Waals surface area contributed by atoms with Crippen LogP contribution in [0.5, 0.6) is 0 Å². The maximum atomic E-state index is 13.0. The number of hydrogen-bond donors (Lipinski definition) is 0. The molecule has 0 saturated carbocycles. The van der Waals surface area contributed by atoms with Crippen molar-refractivity contribution in [3.63, 3.8) is 0 Å². The van der Waals surface area contributed by atoms with E-state index in [0.717, 1.165) is 30.3 Å². The van der Waals surface area contributed by atoms with Crippen LogP contribution < -0.4 is 0 Å². The number of hydrogen-bond acceptors (Lipinski definition) is 3. The van der Waals surface area contributed by atoms with Crippen molar-refractivity contribution < 1.29 is 4.79 Å². The number of fused-ring (bicyclic) bond motifs is 1. The lowest BCUT2D eigenvalue weighted by atomic mass is 10.0. The minimum Gasteiger partial charge on any atom is -0.336 e. The molecule has 5 heteroatoms. The van der Waals surface area contributed by atoms with Gasteiger partial charge in [-0.2, -0.15) is 5.10 Å². The summed E-state index contributed by atoms with van der Waals surface area (Å²) >= 11 is 0. The molecule has 1 fully saturated rings. The second kappa shape index (κ2) is 5.83. The second-order valence-electron chi connectivity index (χ2n) is 5.91. The van der Waals surface area contributed by atoms with Gasteiger partial charge in [-0.15, -0.1) is 0 Å². The van der Waals surface area contributed by atoms with Crippen molar-refractivity contribution in [2.45, 2.75) is 18.9 Å². The first-order chi connectivity index (χ1) is 11.3. The second-order valence-corrected chi connectivity index (χ2v) is 5.91. The normalized spacial score (nSPS) is 18.3. The summed E-state index contributed by atoms with van der Waals surface area (Å²) in [5, 5.41) is 5.32. The van der Waals surface area contributed by atoms with E-state index in [-0.39, 0.29) is 11.9 Å². The quantitative estimate of drug-likeness (QED) is 0.731. The fraction of sp³-hybridized carbons (Fsp3) is 0.278. The molecule has 116 valence electrons. The Morgan fingerprint density at radius 3 is 2.91 bits per heavy atom. The zero-order valence-corrected chi connectivity index (χ0v) is 12.8. The summed E-state index contributed by atoms with van der Waals surface area (Å²) in [6.45, 7) is 1.49. The maximum absolute atomic E-state index is 13.0. The number of amides is 1. The molecule has 1 atom stereocenters. The van der Waals surface area contributed by atoms with Gasteiger partial charge in [-0.1, -0.05) is 18.2 Å². The number of carbonyl (C=O) groups is 1. The third-order valence-corrected chi connectivity index (χ3v) is 4.45. The summed E-state index contributed by atoms with van der Waals surface area (Å²) in [5.74, 6) is 0.0613. The molecular weight excluding hydrogens is 288 g/mol. The van der Waals surface area contributed by atoms with Crippen molar-refractivity contribution in [3.05, 3.63) is 60.6 Å². The highest BCUT2D eigenvalue weighted by atomic mass is 16.2. The Balaban J connectivity index is 1.63. The first-order valence-corrected chi connectivity index (χ1v) is 7.95. The molecule has 23 heavy (non-hydrogen) atoms. The average molecular weight is 306 g/mol. The van der Waals surface area contributed by atoms with Gasteiger partial charge in [0.25, 0.3) is 5.91 Å². The summed E-state index contributed by atoms with van der Waals surface area (Å²) in [7, 11) is 0. The zero-order chi connectivity index (χ0) is 15.6. The van der Waals surface area contributed by atoms with E-state index in [0.29, 0.717) is 12.1 Å². The number of piperidine rings is 1. The van der Waals surface area contributed by atoms with E-state index in [1.807, 2.05) is 52.2 Å². The van der Waals surface area contributed by atoms with Gasteiger partial charge in [-0.25, -0.2) is 0 Å². The van der Waals surface area contributed by atoms with Gasteiger partial charge < -0.3 is 4.90 Å². The highest BCUT2D eigenvalue weighted by Gasteiger charge is 2.26. The van der Waals surface area contributed by atoms with E-state index in [1.165, 1.54) is 0 Å². The van der Waals surface area contributed by atoms with Gasteiger partial charge >= 0.3 is 0 Å². The number of benzene rings is 1. The zero-order valence-electron chi connectivity index (χ0n) is 12.8. The fourth-order valence-corrected chi connectivity index (χ4v) is 3.30. The monoisotopic (exact) mass is 306 g/mol. The summed E-state index contributed by atoms with van der Waals surface area (Å²) in [5.41, 5.74) is 1.46. The molecule has 1 aliphatic heterocycles. The lowest BCUT2D eigenvalue weighted by Gasteiger charge is -2.33. The topological polar surface area (TPSA) is 51.0 Å². The molecule has 0 spiro atoms. The average Bonchev–Trinajstić information content (AvgIpc) is 3.15. The van der Waals surface area contributed by atoms with Gasteiger partial charge in [-0.3, -0.25) is 14.5 Å². The van der Waals surface area contributed by atoms with Crippen LogP contribution in [0.3, 0.4) is 0 Å². The Bertz CT molecular complexity index is 823. The molecule has 3 aromatic rings. The van der Waals surface area contributed by atoms with Crippen LogP contribution in [0.15, 0.2) is 55.0 Å². The molecule has 0 radical (unpaired) electrons. The van der Waals surface area contributed by atoms with Gasteiger partial charge in [0.1, 0.15) is 0 Å². The van der Waals surface area contributed by atoms with Gasteiger partial charge in [0.05, 0.1) is 17.1 Å². The van der Waals surface area contributed by atoms with E-state index in [1.54, 1.807) is 12.4 Å². The highest BCUT2D eigenvalue weighted by Crippen LogP contribution is 2.24. The van der Waals surface area contributed by atoms with Crippen LogP contribution >= 0.6 is 0 Å².